The van der Waals surface area contributed by atoms with Crippen LogP contribution >= 0.6 is 11.6 Å². The minimum atomic E-state index is -0.870. The van der Waals surface area contributed by atoms with Gasteiger partial charge >= 0.3 is 11.9 Å². The summed E-state index contributed by atoms with van der Waals surface area (Å²) in [6.07, 6.45) is 1.14. The molecule has 1 aromatic carbocycles. The lowest BCUT2D eigenvalue weighted by Crippen LogP contribution is -2.16. The monoisotopic (exact) mass is 355 g/mol. The zero-order valence-electron chi connectivity index (χ0n) is 13.0. The summed E-state index contributed by atoms with van der Waals surface area (Å²) >= 11 is 5.76. The van der Waals surface area contributed by atoms with Gasteiger partial charge in [-0.25, -0.2) is 14.0 Å². The summed E-state index contributed by atoms with van der Waals surface area (Å²) < 4.78 is 24.4. The van der Waals surface area contributed by atoms with Gasteiger partial charge < -0.3 is 19.1 Å². The summed E-state index contributed by atoms with van der Waals surface area (Å²) in [5.41, 5.74) is -0.276. The quantitative estimate of drug-likeness (QED) is 0.832. The van der Waals surface area contributed by atoms with Crippen LogP contribution < -0.4 is 0 Å². The van der Waals surface area contributed by atoms with Crippen LogP contribution in [-0.2, 0) is 9.47 Å². The molecule has 0 unspecified atom stereocenters. The molecule has 1 N–H and O–H groups in total. The average Bonchev–Trinajstić information content (AvgIpc) is 2.88. The van der Waals surface area contributed by atoms with E-state index in [1.807, 2.05) is 0 Å². The molecule has 0 saturated heterocycles. The van der Waals surface area contributed by atoms with E-state index in [9.17, 15) is 19.1 Å². The van der Waals surface area contributed by atoms with Gasteiger partial charge in [0.1, 0.15) is 17.1 Å². The molecule has 0 aliphatic heterocycles. The molecule has 0 bridgehead atoms. The van der Waals surface area contributed by atoms with Crippen molar-refractivity contribution in [3.05, 3.63) is 46.5 Å². The molecule has 0 saturated carbocycles. The molecule has 0 amide bonds. The number of hydrogen-bond donors (Lipinski definition) is 1. The third kappa shape index (κ3) is 3.35. The lowest BCUT2D eigenvalue weighted by molar-refractivity contribution is 0.0471. The predicted octanol–water partition coefficient (Wildman–Crippen LogP) is 3.33. The lowest BCUT2D eigenvalue weighted by Gasteiger charge is -2.10. The standard InChI is InChI=1S/C16H15ClFNO5/c1-3-23-15(21)13-12(20)8-19(14(13)16(22)24-4-2)9-5-6-11(18)10(17)7-9/h5-8,20H,3-4H2,1-2H3. The van der Waals surface area contributed by atoms with E-state index in [-0.39, 0.29) is 35.2 Å². The van der Waals surface area contributed by atoms with Gasteiger partial charge in [-0.3, -0.25) is 0 Å². The molecule has 0 aliphatic carbocycles. The number of ether oxygens (including phenoxy) is 2. The van der Waals surface area contributed by atoms with Crippen LogP contribution in [0.25, 0.3) is 5.69 Å². The Morgan fingerprint density at radius 2 is 1.83 bits per heavy atom. The molecule has 2 rings (SSSR count). The van der Waals surface area contributed by atoms with Crippen LogP contribution in [0.2, 0.25) is 5.02 Å². The molecule has 0 atom stereocenters. The van der Waals surface area contributed by atoms with Crippen molar-refractivity contribution in [1.29, 1.82) is 0 Å². The smallest absolute Gasteiger partial charge is 0.356 e. The molecule has 0 fully saturated rings. The first kappa shape index (κ1) is 17.8. The Morgan fingerprint density at radius 3 is 2.42 bits per heavy atom. The molecule has 2 aromatic rings. The fourth-order valence-corrected chi connectivity index (χ4v) is 2.31. The van der Waals surface area contributed by atoms with Crippen LogP contribution in [-0.4, -0.2) is 34.8 Å². The van der Waals surface area contributed by atoms with Gasteiger partial charge in [0.15, 0.2) is 5.69 Å². The Morgan fingerprint density at radius 1 is 1.21 bits per heavy atom. The highest BCUT2D eigenvalue weighted by molar-refractivity contribution is 6.30. The van der Waals surface area contributed by atoms with Crippen LogP contribution in [0.4, 0.5) is 4.39 Å². The van der Waals surface area contributed by atoms with Crippen molar-refractivity contribution in [1.82, 2.24) is 4.57 Å². The molecular formula is C16H15ClFNO5. The number of aromatic hydroxyl groups is 1. The fourth-order valence-electron chi connectivity index (χ4n) is 2.14. The van der Waals surface area contributed by atoms with Gasteiger partial charge in [0.2, 0.25) is 0 Å². The van der Waals surface area contributed by atoms with E-state index in [1.165, 1.54) is 16.7 Å². The summed E-state index contributed by atoms with van der Waals surface area (Å²) in [6, 6.07) is 3.71. The lowest BCUT2D eigenvalue weighted by atomic mass is 10.2. The van der Waals surface area contributed by atoms with Gasteiger partial charge in [-0.15, -0.1) is 0 Å². The second-order valence-corrected chi connectivity index (χ2v) is 5.05. The summed E-state index contributed by atoms with van der Waals surface area (Å²) in [5, 5.41) is 9.90. The summed E-state index contributed by atoms with van der Waals surface area (Å²) in [7, 11) is 0. The van der Waals surface area contributed by atoms with Crippen molar-refractivity contribution < 1.29 is 28.6 Å². The number of carbonyl (C=O) groups excluding carboxylic acids is 2. The minimum absolute atomic E-state index is 0.0636. The van der Waals surface area contributed by atoms with Crippen molar-refractivity contribution in [2.45, 2.75) is 13.8 Å². The average molecular weight is 356 g/mol. The van der Waals surface area contributed by atoms with Crippen molar-refractivity contribution in [2.75, 3.05) is 13.2 Å². The Labute approximate surface area is 142 Å². The molecule has 0 aliphatic rings. The zero-order chi connectivity index (χ0) is 17.9. The van der Waals surface area contributed by atoms with Crippen LogP contribution in [0.3, 0.4) is 0 Å². The van der Waals surface area contributed by atoms with E-state index in [2.05, 4.69) is 0 Å². The number of benzene rings is 1. The van der Waals surface area contributed by atoms with Gasteiger partial charge in [-0.05, 0) is 32.0 Å². The second-order valence-electron chi connectivity index (χ2n) is 4.65. The van der Waals surface area contributed by atoms with Gasteiger partial charge in [-0.1, -0.05) is 11.6 Å². The van der Waals surface area contributed by atoms with E-state index < -0.39 is 23.5 Å². The third-order valence-corrected chi connectivity index (χ3v) is 3.40. The Bertz CT molecular complexity index is 787. The first-order valence-corrected chi connectivity index (χ1v) is 7.52. The molecule has 0 spiro atoms. The van der Waals surface area contributed by atoms with Crippen LogP contribution in [0.1, 0.15) is 34.7 Å². The van der Waals surface area contributed by atoms with Crippen molar-refractivity contribution >= 4 is 23.5 Å². The third-order valence-electron chi connectivity index (χ3n) is 3.11. The van der Waals surface area contributed by atoms with Crippen LogP contribution in [0, 0.1) is 5.82 Å². The van der Waals surface area contributed by atoms with Crippen molar-refractivity contribution in [3.63, 3.8) is 0 Å². The van der Waals surface area contributed by atoms with Crippen molar-refractivity contribution in [2.24, 2.45) is 0 Å². The molecule has 128 valence electrons. The first-order valence-electron chi connectivity index (χ1n) is 7.14. The molecule has 6 nitrogen and oxygen atoms in total. The van der Waals surface area contributed by atoms with E-state index in [0.717, 1.165) is 12.3 Å². The number of rotatable bonds is 5. The predicted molar refractivity (Wildman–Crippen MR) is 84.3 cm³/mol. The van der Waals surface area contributed by atoms with Gasteiger partial charge in [0, 0.05) is 5.69 Å². The number of carbonyl (C=O) groups is 2. The Hall–Kier alpha value is -2.54. The second kappa shape index (κ2) is 7.35. The number of esters is 2. The SMILES string of the molecule is CCOC(=O)c1c(O)cn(-c2ccc(F)c(Cl)c2)c1C(=O)OCC. The molecular weight excluding hydrogens is 341 g/mol. The Kier molecular flexibility index (Phi) is 5.46. The maximum absolute atomic E-state index is 13.4. The normalized spacial score (nSPS) is 10.5. The highest BCUT2D eigenvalue weighted by Gasteiger charge is 2.29. The molecule has 8 heteroatoms. The van der Waals surface area contributed by atoms with E-state index >= 15 is 0 Å². The molecule has 1 heterocycles. The number of hydrogen-bond acceptors (Lipinski definition) is 5. The minimum Gasteiger partial charge on any atom is -0.505 e. The molecule has 0 radical (unpaired) electrons. The van der Waals surface area contributed by atoms with Crippen LogP contribution in [0.15, 0.2) is 24.4 Å². The number of nitrogens with zero attached hydrogens (tertiary/aromatic N) is 1. The molecule has 24 heavy (non-hydrogen) atoms. The fraction of sp³-hybridized carbons (Fsp3) is 0.250. The Balaban J connectivity index is 2.66. The van der Waals surface area contributed by atoms with Gasteiger partial charge in [0.05, 0.1) is 24.4 Å². The maximum atomic E-state index is 13.4. The summed E-state index contributed by atoms with van der Waals surface area (Å²) in [6.45, 7) is 3.32. The topological polar surface area (TPSA) is 77.8 Å². The number of halogens is 2. The highest BCUT2D eigenvalue weighted by atomic mass is 35.5. The summed E-state index contributed by atoms with van der Waals surface area (Å²) in [4.78, 5) is 24.3. The maximum Gasteiger partial charge on any atom is 0.356 e. The van der Waals surface area contributed by atoms with E-state index in [1.54, 1.807) is 13.8 Å². The largest absolute Gasteiger partial charge is 0.505 e. The van der Waals surface area contributed by atoms with Crippen molar-refractivity contribution in [3.8, 4) is 11.4 Å². The molecule has 1 aromatic heterocycles. The van der Waals surface area contributed by atoms with E-state index in [0.29, 0.717) is 0 Å². The van der Waals surface area contributed by atoms with Crippen LogP contribution in [0.5, 0.6) is 5.75 Å². The van der Waals surface area contributed by atoms with Gasteiger partial charge in [-0.2, -0.15) is 0 Å². The summed E-state index contributed by atoms with van der Waals surface area (Å²) in [5.74, 6) is -2.80. The first-order chi connectivity index (χ1) is 11.4. The highest BCUT2D eigenvalue weighted by Crippen LogP contribution is 2.30. The van der Waals surface area contributed by atoms with E-state index in [4.69, 9.17) is 21.1 Å². The van der Waals surface area contributed by atoms with Gasteiger partial charge in [0.25, 0.3) is 0 Å². The number of aromatic nitrogens is 1. The zero-order valence-corrected chi connectivity index (χ0v) is 13.8.